The summed E-state index contributed by atoms with van der Waals surface area (Å²) < 4.78 is 40.6. The van der Waals surface area contributed by atoms with Crippen LogP contribution in [0.4, 0.5) is 13.2 Å². The van der Waals surface area contributed by atoms with Crippen LogP contribution in [0.3, 0.4) is 0 Å². The summed E-state index contributed by atoms with van der Waals surface area (Å²) in [5.41, 5.74) is 1.65. The first-order chi connectivity index (χ1) is 9.94. The Balaban J connectivity index is 2.13. The predicted molar refractivity (Wildman–Crippen MR) is 67.7 cm³/mol. The average molecular weight is 295 g/mol. The van der Waals surface area contributed by atoms with E-state index in [1.54, 1.807) is 0 Å². The van der Waals surface area contributed by atoms with Gasteiger partial charge in [0.1, 0.15) is 11.5 Å². The van der Waals surface area contributed by atoms with E-state index in [4.69, 9.17) is 0 Å². The van der Waals surface area contributed by atoms with Gasteiger partial charge in [-0.3, -0.25) is 4.98 Å². The van der Waals surface area contributed by atoms with Crippen LogP contribution in [0.5, 0.6) is 11.5 Å². The molecule has 0 saturated heterocycles. The molecule has 0 atom stereocenters. The zero-order chi connectivity index (χ0) is 15.0. The molecular weight excluding hydrogens is 287 g/mol. The maximum atomic E-state index is 12.3. The molecule has 0 spiro atoms. The second-order valence-corrected chi connectivity index (χ2v) is 4.21. The summed E-state index contributed by atoms with van der Waals surface area (Å²) >= 11 is 0. The highest BCUT2D eigenvalue weighted by atomic mass is 19.4. The van der Waals surface area contributed by atoms with Crippen LogP contribution in [0, 0.1) is 0 Å². The molecule has 8 heteroatoms. The van der Waals surface area contributed by atoms with E-state index < -0.39 is 12.1 Å². The number of imidazole rings is 1. The molecule has 0 aliphatic heterocycles. The molecular formula is C13H8F3N3O2. The molecule has 0 bridgehead atoms. The van der Waals surface area contributed by atoms with Crippen molar-refractivity contribution in [2.75, 3.05) is 0 Å². The minimum absolute atomic E-state index is 0.155. The highest BCUT2D eigenvalue weighted by molar-refractivity contribution is 5.92. The Kier molecular flexibility index (Phi) is 2.93. The fourth-order valence-electron chi connectivity index (χ4n) is 1.99. The summed E-state index contributed by atoms with van der Waals surface area (Å²) in [6, 6.07) is 3.25. The van der Waals surface area contributed by atoms with Gasteiger partial charge in [-0.2, -0.15) is 0 Å². The first-order valence-electron chi connectivity index (χ1n) is 5.80. The number of nitrogens with one attached hydrogen (secondary N) is 1. The number of benzene rings is 1. The normalized spacial score (nSPS) is 11.8. The topological polar surface area (TPSA) is 71.0 Å². The minimum atomic E-state index is -4.80. The number of pyridine rings is 1. The van der Waals surface area contributed by atoms with Crippen LogP contribution >= 0.6 is 0 Å². The number of ether oxygens (including phenoxy) is 1. The first-order valence-corrected chi connectivity index (χ1v) is 5.80. The lowest BCUT2D eigenvalue weighted by molar-refractivity contribution is -0.274. The number of aromatic hydroxyl groups is 1. The molecule has 5 nitrogen and oxygen atoms in total. The molecule has 0 aliphatic carbocycles. The molecule has 0 unspecified atom stereocenters. The Hall–Kier alpha value is -2.77. The number of rotatable bonds is 2. The van der Waals surface area contributed by atoms with Gasteiger partial charge in [0.25, 0.3) is 0 Å². The van der Waals surface area contributed by atoms with Crippen LogP contribution in [0.15, 0.2) is 36.9 Å². The summed E-state index contributed by atoms with van der Waals surface area (Å²) in [6.07, 6.45) is -0.428. The van der Waals surface area contributed by atoms with Crippen LogP contribution in [-0.2, 0) is 0 Å². The second kappa shape index (κ2) is 4.65. The smallest absolute Gasteiger partial charge is 0.507 e. The number of phenols is 1. The number of phenolic OH excluding ortho intramolecular Hbond substituents is 1. The zero-order valence-electron chi connectivity index (χ0n) is 10.3. The number of fused-ring (bicyclic) bond motifs is 1. The Morgan fingerprint density at radius 1 is 1.14 bits per heavy atom. The molecule has 3 rings (SSSR count). The van der Waals surface area contributed by atoms with E-state index >= 15 is 0 Å². The Morgan fingerprint density at radius 2 is 1.95 bits per heavy atom. The first kappa shape index (κ1) is 13.2. The third kappa shape index (κ3) is 2.60. The van der Waals surface area contributed by atoms with Gasteiger partial charge in [0.05, 0.1) is 23.6 Å². The quantitative estimate of drug-likeness (QED) is 0.761. The number of halogens is 3. The van der Waals surface area contributed by atoms with E-state index in [2.05, 4.69) is 19.7 Å². The molecule has 0 amide bonds. The standard InChI is InChI=1S/C13H8F3N3O2/c14-13(15,16)21-7-1-2-11(20)8(3-7)9-4-17-5-10-12(9)19-6-18-10/h1-6,20H,(H,18,19). The Labute approximate surface area is 116 Å². The van der Waals surface area contributed by atoms with Gasteiger partial charge in [-0.15, -0.1) is 13.2 Å². The largest absolute Gasteiger partial charge is 0.573 e. The molecule has 0 radical (unpaired) electrons. The summed E-state index contributed by atoms with van der Waals surface area (Å²) in [7, 11) is 0. The number of alkyl halides is 3. The molecule has 0 aliphatic rings. The summed E-state index contributed by atoms with van der Waals surface area (Å²) in [5.74, 6) is -0.621. The van der Waals surface area contributed by atoms with Gasteiger partial charge >= 0.3 is 6.36 Å². The number of aromatic nitrogens is 3. The number of aromatic amines is 1. The molecule has 2 N–H and O–H groups in total. The molecule has 1 aromatic carbocycles. The van der Waals surface area contributed by atoms with Crippen molar-refractivity contribution in [3.05, 3.63) is 36.9 Å². The summed E-state index contributed by atoms with van der Waals surface area (Å²) in [6.45, 7) is 0. The highest BCUT2D eigenvalue weighted by Crippen LogP contribution is 2.36. The lowest BCUT2D eigenvalue weighted by Crippen LogP contribution is -2.17. The monoisotopic (exact) mass is 295 g/mol. The van der Waals surface area contributed by atoms with Crippen molar-refractivity contribution in [3.8, 4) is 22.6 Å². The van der Waals surface area contributed by atoms with Gasteiger partial charge in [0, 0.05) is 17.3 Å². The van der Waals surface area contributed by atoms with Gasteiger partial charge in [-0.05, 0) is 18.2 Å². The van der Waals surface area contributed by atoms with Crippen molar-refractivity contribution >= 4 is 11.0 Å². The minimum Gasteiger partial charge on any atom is -0.507 e. The maximum Gasteiger partial charge on any atom is 0.573 e. The third-order valence-corrected chi connectivity index (χ3v) is 2.82. The van der Waals surface area contributed by atoms with Gasteiger partial charge in [0.15, 0.2) is 0 Å². The lowest BCUT2D eigenvalue weighted by atomic mass is 10.1. The third-order valence-electron chi connectivity index (χ3n) is 2.82. The van der Waals surface area contributed by atoms with Crippen molar-refractivity contribution in [3.63, 3.8) is 0 Å². The van der Waals surface area contributed by atoms with E-state index in [1.807, 2.05) is 0 Å². The Morgan fingerprint density at radius 3 is 2.71 bits per heavy atom. The highest BCUT2D eigenvalue weighted by Gasteiger charge is 2.31. The zero-order valence-corrected chi connectivity index (χ0v) is 10.3. The van der Waals surface area contributed by atoms with Crippen molar-refractivity contribution in [2.45, 2.75) is 6.36 Å². The van der Waals surface area contributed by atoms with E-state index in [0.29, 0.717) is 16.6 Å². The molecule has 3 aromatic rings. The van der Waals surface area contributed by atoms with E-state index in [-0.39, 0.29) is 11.3 Å². The van der Waals surface area contributed by atoms with Crippen LogP contribution < -0.4 is 4.74 Å². The number of nitrogens with zero attached hydrogens (tertiary/aromatic N) is 2. The van der Waals surface area contributed by atoms with Crippen LogP contribution in [0.25, 0.3) is 22.2 Å². The average Bonchev–Trinajstić information content (AvgIpc) is 2.87. The van der Waals surface area contributed by atoms with Crippen molar-refractivity contribution in [2.24, 2.45) is 0 Å². The van der Waals surface area contributed by atoms with E-state index in [1.165, 1.54) is 18.7 Å². The lowest BCUT2D eigenvalue weighted by Gasteiger charge is -2.11. The molecule has 2 heterocycles. The van der Waals surface area contributed by atoms with Crippen LogP contribution in [-0.4, -0.2) is 26.4 Å². The van der Waals surface area contributed by atoms with Gasteiger partial charge in [-0.1, -0.05) is 0 Å². The predicted octanol–water partition coefficient (Wildman–Crippen LogP) is 3.23. The summed E-state index contributed by atoms with van der Waals surface area (Å²) in [5, 5.41) is 9.88. The number of hydrogen-bond acceptors (Lipinski definition) is 4. The second-order valence-electron chi connectivity index (χ2n) is 4.21. The molecule has 0 saturated carbocycles. The van der Waals surface area contributed by atoms with Crippen molar-refractivity contribution < 1.29 is 23.0 Å². The maximum absolute atomic E-state index is 12.3. The van der Waals surface area contributed by atoms with Crippen molar-refractivity contribution in [1.82, 2.24) is 15.0 Å². The number of hydrogen-bond donors (Lipinski definition) is 2. The summed E-state index contributed by atoms with van der Waals surface area (Å²) in [4.78, 5) is 10.9. The number of H-pyrrole nitrogens is 1. The van der Waals surface area contributed by atoms with E-state index in [0.717, 1.165) is 18.2 Å². The fraction of sp³-hybridized carbons (Fsp3) is 0.0769. The van der Waals surface area contributed by atoms with Gasteiger partial charge in [0.2, 0.25) is 0 Å². The van der Waals surface area contributed by atoms with Gasteiger partial charge < -0.3 is 14.8 Å². The van der Waals surface area contributed by atoms with Crippen LogP contribution in [0.2, 0.25) is 0 Å². The van der Waals surface area contributed by atoms with Gasteiger partial charge in [-0.25, -0.2) is 4.98 Å². The van der Waals surface area contributed by atoms with Crippen LogP contribution in [0.1, 0.15) is 0 Å². The van der Waals surface area contributed by atoms with E-state index in [9.17, 15) is 18.3 Å². The molecule has 108 valence electrons. The fourth-order valence-corrected chi connectivity index (χ4v) is 1.99. The SMILES string of the molecule is Oc1ccc(OC(F)(F)F)cc1-c1cncc2[nH]cnc12. The van der Waals surface area contributed by atoms with Crippen molar-refractivity contribution in [1.29, 1.82) is 0 Å². The molecule has 21 heavy (non-hydrogen) atoms. The Bertz CT molecular complexity index is 799. The molecule has 0 fully saturated rings. The molecule has 2 aromatic heterocycles.